The summed E-state index contributed by atoms with van der Waals surface area (Å²) in [6.07, 6.45) is 11.2. The zero-order chi connectivity index (χ0) is 19.8. The van der Waals surface area contributed by atoms with Gasteiger partial charge in [0.05, 0.1) is 5.69 Å². The molecule has 0 fully saturated rings. The molecule has 138 valence electrons. The summed E-state index contributed by atoms with van der Waals surface area (Å²) in [5.41, 5.74) is 1.58. The normalized spacial score (nSPS) is 11.6. The van der Waals surface area contributed by atoms with E-state index in [9.17, 15) is 0 Å². The Morgan fingerprint density at radius 2 is 1.43 bits per heavy atom. The predicted molar refractivity (Wildman–Crippen MR) is 121 cm³/mol. The average Bonchev–Trinajstić information content (AvgIpc) is 2.74. The van der Waals surface area contributed by atoms with Gasteiger partial charge in [0.15, 0.2) is 0 Å². The summed E-state index contributed by atoms with van der Waals surface area (Å²) in [5.74, 6) is 0.499. The van der Waals surface area contributed by atoms with E-state index in [4.69, 9.17) is 10.8 Å². The van der Waals surface area contributed by atoms with Gasteiger partial charge in [-0.15, -0.1) is 0 Å². The number of rotatable bonds is 5. The maximum absolute atomic E-state index is 8.80. The van der Waals surface area contributed by atoms with Crippen LogP contribution in [0.2, 0.25) is 0 Å². The molecule has 3 nitrogen and oxygen atoms in total. The molecule has 0 radical (unpaired) electrons. The van der Waals surface area contributed by atoms with Gasteiger partial charge in [-0.05, 0) is 24.5 Å². The summed E-state index contributed by atoms with van der Waals surface area (Å²) in [7, 11) is 0. The number of hydrogen-bond donors (Lipinski definition) is 2. The van der Waals surface area contributed by atoms with Gasteiger partial charge in [-0.25, -0.2) is 0 Å². The number of amidine groups is 2. The predicted octanol–water partition coefficient (Wildman–Crippen LogP) is 6.34. The molecule has 0 heterocycles. The molecule has 28 heavy (non-hydrogen) atoms. The second-order valence-electron chi connectivity index (χ2n) is 6.20. The summed E-state index contributed by atoms with van der Waals surface area (Å²) in [6, 6.07) is 23.5. The molecule has 3 rings (SSSR count). The third-order valence-corrected chi connectivity index (χ3v) is 4.30. The number of allylic oxidation sites excluding steroid dienone is 5. The molecule has 0 bridgehead atoms. The number of hydrogen-bond acceptors (Lipinski definition) is 2. The lowest BCUT2D eigenvalue weighted by Gasteiger charge is -2.26. The topological polar surface area (TPSA) is 50.9 Å². The maximum atomic E-state index is 8.80. The van der Waals surface area contributed by atoms with E-state index in [1.165, 1.54) is 0 Å². The maximum Gasteiger partial charge on any atom is 0.138 e. The first-order valence-corrected chi connectivity index (χ1v) is 9.19. The highest BCUT2D eigenvalue weighted by molar-refractivity contribution is 6.28. The van der Waals surface area contributed by atoms with Crippen molar-refractivity contribution in [2.45, 2.75) is 6.92 Å². The molecule has 0 saturated heterocycles. The van der Waals surface area contributed by atoms with Gasteiger partial charge >= 0.3 is 0 Å². The zero-order valence-corrected chi connectivity index (χ0v) is 15.8. The largest absolute Gasteiger partial charge is 0.284 e. The third kappa shape index (κ3) is 4.33. The molecule has 0 saturated carbocycles. The highest BCUT2D eigenvalue weighted by Crippen LogP contribution is 2.28. The Morgan fingerprint density at radius 1 is 0.750 bits per heavy atom. The van der Waals surface area contributed by atoms with E-state index in [2.05, 4.69) is 0 Å². The number of benzene rings is 3. The van der Waals surface area contributed by atoms with Crippen LogP contribution in [0.5, 0.6) is 0 Å². The number of nitrogens with zero attached hydrogens (tertiary/aromatic N) is 1. The molecule has 0 aliphatic carbocycles. The third-order valence-electron chi connectivity index (χ3n) is 4.30. The van der Waals surface area contributed by atoms with Crippen molar-refractivity contribution in [1.82, 2.24) is 0 Å². The van der Waals surface area contributed by atoms with Crippen molar-refractivity contribution in [3.63, 3.8) is 0 Å². The van der Waals surface area contributed by atoms with Crippen LogP contribution in [0.4, 0.5) is 5.69 Å². The van der Waals surface area contributed by atoms with Crippen molar-refractivity contribution in [3.05, 3.63) is 115 Å². The smallest absolute Gasteiger partial charge is 0.138 e. The van der Waals surface area contributed by atoms with Gasteiger partial charge in [-0.2, -0.15) is 0 Å². The molecule has 0 unspecified atom stereocenters. The zero-order valence-electron chi connectivity index (χ0n) is 15.8. The standard InChI is InChI=1S/C25H23N3/c1-2-3-4-5-9-19-24(26)28(25(27)21-14-7-6-8-15-21)23-18-12-16-20-13-10-11-17-22(20)23/h2-19,26-27H,1H3/b3-2-,5-4-,19-9+,26-24?,27-25?. The van der Waals surface area contributed by atoms with Crippen molar-refractivity contribution < 1.29 is 0 Å². The van der Waals surface area contributed by atoms with Crippen LogP contribution in [0.15, 0.2) is 109 Å². The summed E-state index contributed by atoms with van der Waals surface area (Å²) in [5, 5.41) is 19.6. The number of nitrogens with one attached hydrogen (secondary N) is 2. The van der Waals surface area contributed by atoms with Gasteiger partial charge in [0.1, 0.15) is 11.7 Å². The molecule has 0 amide bonds. The minimum absolute atomic E-state index is 0.232. The number of fused-ring (bicyclic) bond motifs is 1. The van der Waals surface area contributed by atoms with E-state index in [-0.39, 0.29) is 11.7 Å². The van der Waals surface area contributed by atoms with Crippen LogP contribution in [0.1, 0.15) is 12.5 Å². The van der Waals surface area contributed by atoms with Crippen molar-refractivity contribution in [2.75, 3.05) is 4.90 Å². The molecule has 0 aliphatic heterocycles. The fraction of sp³-hybridized carbons (Fsp3) is 0.0400. The van der Waals surface area contributed by atoms with Crippen molar-refractivity contribution in [2.24, 2.45) is 0 Å². The van der Waals surface area contributed by atoms with Crippen molar-refractivity contribution in [1.29, 1.82) is 10.8 Å². The Bertz CT molecular complexity index is 1050. The minimum Gasteiger partial charge on any atom is -0.284 e. The lowest BCUT2D eigenvalue weighted by molar-refractivity contribution is 1.31. The minimum atomic E-state index is 0.232. The Kier molecular flexibility index (Phi) is 6.32. The summed E-state index contributed by atoms with van der Waals surface area (Å²) in [6.45, 7) is 1.96. The second-order valence-corrected chi connectivity index (χ2v) is 6.20. The van der Waals surface area contributed by atoms with Gasteiger partial charge in [0.25, 0.3) is 0 Å². The van der Waals surface area contributed by atoms with Crippen molar-refractivity contribution in [3.8, 4) is 0 Å². The van der Waals surface area contributed by atoms with Crippen LogP contribution < -0.4 is 4.90 Å². The average molecular weight is 365 g/mol. The molecule has 0 spiro atoms. The highest BCUT2D eigenvalue weighted by Gasteiger charge is 2.19. The van der Waals surface area contributed by atoms with Crippen LogP contribution in [0.3, 0.4) is 0 Å². The fourth-order valence-corrected chi connectivity index (χ4v) is 2.96. The van der Waals surface area contributed by atoms with E-state index in [1.807, 2.05) is 110 Å². The second kappa shape index (κ2) is 9.28. The SMILES string of the molecule is C\C=C/C=C\C=C\C(=N)N(C(=N)c1ccccc1)c1cccc2ccccc12. The first kappa shape index (κ1) is 19.1. The molecular weight excluding hydrogens is 342 g/mol. The van der Waals surface area contributed by atoms with E-state index in [0.29, 0.717) is 0 Å². The molecular formula is C25H23N3. The molecule has 0 aromatic heterocycles. The molecule has 3 aromatic rings. The van der Waals surface area contributed by atoms with E-state index in [0.717, 1.165) is 22.0 Å². The van der Waals surface area contributed by atoms with Crippen LogP contribution >= 0.6 is 0 Å². The van der Waals surface area contributed by atoms with E-state index < -0.39 is 0 Å². The van der Waals surface area contributed by atoms with Gasteiger partial charge in [-0.1, -0.05) is 97.1 Å². The Labute approximate surface area is 166 Å². The molecule has 0 aliphatic rings. The molecule has 3 aromatic carbocycles. The van der Waals surface area contributed by atoms with Crippen LogP contribution in [0, 0.1) is 10.8 Å². The molecule has 0 atom stereocenters. The Hall–Kier alpha value is -3.72. The van der Waals surface area contributed by atoms with Crippen LogP contribution in [-0.4, -0.2) is 11.7 Å². The van der Waals surface area contributed by atoms with Crippen LogP contribution in [0.25, 0.3) is 10.8 Å². The Morgan fingerprint density at radius 3 is 2.21 bits per heavy atom. The number of anilines is 1. The van der Waals surface area contributed by atoms with Gasteiger partial charge in [0.2, 0.25) is 0 Å². The monoisotopic (exact) mass is 365 g/mol. The first-order valence-electron chi connectivity index (χ1n) is 9.19. The quantitative estimate of drug-likeness (QED) is 0.309. The van der Waals surface area contributed by atoms with Gasteiger partial charge in [-0.3, -0.25) is 15.7 Å². The van der Waals surface area contributed by atoms with Gasteiger partial charge < -0.3 is 0 Å². The Balaban J connectivity index is 2.06. The summed E-state index contributed by atoms with van der Waals surface area (Å²) >= 11 is 0. The summed E-state index contributed by atoms with van der Waals surface area (Å²) < 4.78 is 0. The molecule has 2 N–H and O–H groups in total. The molecule has 3 heteroatoms. The van der Waals surface area contributed by atoms with E-state index >= 15 is 0 Å². The highest BCUT2D eigenvalue weighted by atomic mass is 15.2. The summed E-state index contributed by atoms with van der Waals surface area (Å²) in [4.78, 5) is 1.68. The fourth-order valence-electron chi connectivity index (χ4n) is 2.96. The van der Waals surface area contributed by atoms with Crippen molar-refractivity contribution >= 4 is 28.1 Å². The van der Waals surface area contributed by atoms with Gasteiger partial charge in [0, 0.05) is 10.9 Å². The first-order chi connectivity index (χ1) is 13.7. The van der Waals surface area contributed by atoms with Crippen LogP contribution in [-0.2, 0) is 0 Å². The lowest BCUT2D eigenvalue weighted by atomic mass is 10.1. The lowest BCUT2D eigenvalue weighted by Crippen LogP contribution is -2.35. The van der Waals surface area contributed by atoms with E-state index in [1.54, 1.807) is 11.0 Å².